The van der Waals surface area contributed by atoms with Crippen LogP contribution in [-0.2, 0) is 15.1 Å². The van der Waals surface area contributed by atoms with Gasteiger partial charge in [-0.15, -0.1) is 0 Å². The molecule has 0 bridgehead atoms. The number of carboxylic acid groups (broad SMARTS) is 2. The number of piperazine rings is 1. The molecule has 0 spiro atoms. The average molecular weight is 482 g/mol. The van der Waals surface area contributed by atoms with Crippen molar-refractivity contribution >= 4 is 17.6 Å². The smallest absolute Gasteiger partial charge is 0.333 e. The first-order chi connectivity index (χ1) is 16.4. The van der Waals surface area contributed by atoms with Gasteiger partial charge < -0.3 is 25.4 Å². The van der Waals surface area contributed by atoms with Gasteiger partial charge in [0.2, 0.25) is 11.7 Å². The molecule has 2 aliphatic rings. The fourth-order valence-electron chi connectivity index (χ4n) is 4.77. The van der Waals surface area contributed by atoms with Gasteiger partial charge in [-0.3, -0.25) is 9.69 Å². The number of aromatic nitrogens is 2. The normalized spacial score (nSPS) is 25.4. The number of aliphatic carboxylic acids is 2. The summed E-state index contributed by atoms with van der Waals surface area (Å²) < 4.78 is 5.28. The minimum atomic E-state index is -1.33. The van der Waals surface area contributed by atoms with Gasteiger partial charge in [-0.1, -0.05) is 23.4 Å². The highest BCUT2D eigenvalue weighted by Crippen LogP contribution is 2.38. The molecule has 1 aromatic heterocycles. The third-order valence-electron chi connectivity index (χ3n) is 6.77. The molecule has 2 heterocycles. The molecule has 4 rings (SSSR count). The summed E-state index contributed by atoms with van der Waals surface area (Å²) in [6.07, 6.45) is 4.61. The molecule has 186 valence electrons. The van der Waals surface area contributed by atoms with Crippen molar-refractivity contribution < 1.29 is 24.3 Å². The van der Waals surface area contributed by atoms with Gasteiger partial charge in [0.05, 0.1) is 17.2 Å². The Hall–Kier alpha value is -3.50. The van der Waals surface area contributed by atoms with E-state index in [9.17, 15) is 19.8 Å². The number of hydrogen-bond donors (Lipinski definition) is 3. The van der Waals surface area contributed by atoms with Crippen LogP contribution in [0.3, 0.4) is 0 Å². The van der Waals surface area contributed by atoms with Crippen molar-refractivity contribution in [2.45, 2.75) is 45.3 Å². The zero-order valence-electron chi connectivity index (χ0n) is 20.3. The molecule has 2 aromatic rings. The molecule has 1 saturated heterocycles. The summed E-state index contributed by atoms with van der Waals surface area (Å²) in [6, 6.07) is 6.96. The number of nitrogens with zero attached hydrogens (tertiary/aromatic N) is 4. The quantitative estimate of drug-likeness (QED) is 0.562. The lowest BCUT2D eigenvalue weighted by Crippen LogP contribution is -2.62. The lowest BCUT2D eigenvalue weighted by atomic mass is 9.73. The van der Waals surface area contributed by atoms with E-state index in [0.29, 0.717) is 31.3 Å². The van der Waals surface area contributed by atoms with E-state index in [2.05, 4.69) is 15.0 Å². The van der Waals surface area contributed by atoms with Gasteiger partial charge in [0.25, 0.3) is 0 Å². The van der Waals surface area contributed by atoms with Crippen LogP contribution in [0.5, 0.6) is 0 Å². The summed E-state index contributed by atoms with van der Waals surface area (Å²) in [7, 11) is 0. The van der Waals surface area contributed by atoms with Crippen LogP contribution in [0, 0.1) is 5.41 Å². The molecule has 10 nitrogen and oxygen atoms in total. The summed E-state index contributed by atoms with van der Waals surface area (Å²) in [6.45, 7) is 8.94. The second kappa shape index (κ2) is 8.94. The highest BCUT2D eigenvalue weighted by molar-refractivity contribution is 5.92. The Morgan fingerprint density at radius 1 is 1.20 bits per heavy atom. The molecule has 0 radical (unpaired) electrons. The molecule has 0 saturated carbocycles. The first-order valence-electron chi connectivity index (χ1n) is 11.5. The maximum Gasteiger partial charge on any atom is 0.333 e. The summed E-state index contributed by atoms with van der Waals surface area (Å²) in [5, 5.41) is 23.8. The predicted molar refractivity (Wildman–Crippen MR) is 130 cm³/mol. The molecular formula is C25H31N5O5. The van der Waals surface area contributed by atoms with Crippen LogP contribution >= 0.6 is 0 Å². The average Bonchev–Trinajstić information content (AvgIpc) is 3.30. The van der Waals surface area contributed by atoms with Crippen LogP contribution in [0.4, 0.5) is 5.69 Å². The number of carbonyl (C=O) groups is 2. The monoisotopic (exact) mass is 481 g/mol. The van der Waals surface area contributed by atoms with Crippen molar-refractivity contribution in [2.24, 2.45) is 11.1 Å². The molecule has 3 atom stereocenters. The Labute approximate surface area is 203 Å². The van der Waals surface area contributed by atoms with E-state index in [1.54, 1.807) is 26.8 Å². The Morgan fingerprint density at radius 2 is 1.89 bits per heavy atom. The lowest BCUT2D eigenvalue weighted by molar-refractivity contribution is -0.149. The zero-order valence-corrected chi connectivity index (χ0v) is 20.3. The predicted octanol–water partition coefficient (Wildman–Crippen LogP) is 2.48. The van der Waals surface area contributed by atoms with E-state index in [4.69, 9.17) is 10.3 Å². The molecule has 2 unspecified atom stereocenters. The van der Waals surface area contributed by atoms with Crippen LogP contribution in [0.25, 0.3) is 11.4 Å². The summed E-state index contributed by atoms with van der Waals surface area (Å²) in [5.74, 6) is -1.31. The van der Waals surface area contributed by atoms with Gasteiger partial charge in [-0.05, 0) is 52.0 Å². The van der Waals surface area contributed by atoms with Crippen LogP contribution in [-0.4, -0.2) is 68.9 Å². The minimum absolute atomic E-state index is 0.0760. The summed E-state index contributed by atoms with van der Waals surface area (Å²) >= 11 is 0. The summed E-state index contributed by atoms with van der Waals surface area (Å²) in [5.41, 5.74) is 5.88. The molecule has 1 aromatic carbocycles. The van der Waals surface area contributed by atoms with E-state index in [1.165, 1.54) is 12.2 Å². The fraction of sp³-hybridized carbons (Fsp3) is 0.440. The number of anilines is 1. The molecule has 1 fully saturated rings. The Kier molecular flexibility index (Phi) is 6.29. The first-order valence-corrected chi connectivity index (χ1v) is 11.5. The molecule has 10 heteroatoms. The Balaban J connectivity index is 1.51. The van der Waals surface area contributed by atoms with Gasteiger partial charge in [-0.25, -0.2) is 4.79 Å². The molecule has 4 N–H and O–H groups in total. The van der Waals surface area contributed by atoms with Crippen molar-refractivity contribution in [3.05, 3.63) is 54.0 Å². The van der Waals surface area contributed by atoms with E-state index < -0.39 is 28.9 Å². The van der Waals surface area contributed by atoms with E-state index in [-0.39, 0.29) is 11.6 Å². The van der Waals surface area contributed by atoms with Crippen molar-refractivity contribution in [3.63, 3.8) is 0 Å². The third-order valence-corrected chi connectivity index (χ3v) is 6.77. The summed E-state index contributed by atoms with van der Waals surface area (Å²) in [4.78, 5) is 32.7. The Morgan fingerprint density at radius 3 is 2.43 bits per heavy atom. The molecular weight excluding hydrogens is 450 g/mol. The highest BCUT2D eigenvalue weighted by Gasteiger charge is 2.49. The maximum absolute atomic E-state index is 12.2. The van der Waals surface area contributed by atoms with E-state index in [1.807, 2.05) is 36.1 Å². The molecule has 1 aliphatic carbocycles. The number of benzene rings is 1. The second-order valence-electron chi connectivity index (χ2n) is 10.0. The van der Waals surface area contributed by atoms with Crippen molar-refractivity contribution in [2.75, 3.05) is 24.5 Å². The van der Waals surface area contributed by atoms with Gasteiger partial charge >= 0.3 is 11.9 Å². The van der Waals surface area contributed by atoms with Crippen LogP contribution < -0.4 is 10.6 Å². The van der Waals surface area contributed by atoms with Gasteiger partial charge in [0.15, 0.2) is 0 Å². The number of nitrogens with two attached hydrogens (primary N) is 1. The number of carboxylic acids is 2. The van der Waals surface area contributed by atoms with Crippen LogP contribution in [0.15, 0.2) is 52.6 Å². The van der Waals surface area contributed by atoms with E-state index in [0.717, 1.165) is 11.3 Å². The van der Waals surface area contributed by atoms with Gasteiger partial charge in [-0.2, -0.15) is 4.98 Å². The van der Waals surface area contributed by atoms with Crippen molar-refractivity contribution in [1.82, 2.24) is 15.0 Å². The first kappa shape index (κ1) is 24.6. The Bertz CT molecular complexity index is 1180. The van der Waals surface area contributed by atoms with E-state index >= 15 is 0 Å². The number of allylic oxidation sites excluding steroid dienone is 2. The van der Waals surface area contributed by atoms with Gasteiger partial charge in [0.1, 0.15) is 5.41 Å². The van der Waals surface area contributed by atoms with Crippen LogP contribution in [0.2, 0.25) is 0 Å². The topological polar surface area (TPSA) is 146 Å². The highest BCUT2D eigenvalue weighted by atomic mass is 16.5. The van der Waals surface area contributed by atoms with Crippen molar-refractivity contribution in [3.8, 4) is 11.4 Å². The zero-order chi connectivity index (χ0) is 25.5. The maximum atomic E-state index is 12.2. The van der Waals surface area contributed by atoms with Gasteiger partial charge in [0, 0.05) is 36.9 Å². The third kappa shape index (κ3) is 4.59. The standard InChI is InChI=1S/C25H31N5O5/c1-15-14-29(17-9-7-16(8-10-17)20-27-22(35-28-20)24(2,3)26)12-13-30(15)19-18(21(31)32)6-5-11-25(19,4)23(33)34/h5-11,15,19H,12-14,26H2,1-4H3,(H,31,32)(H,33,34)/t15-,19?,25?/m1/s1. The van der Waals surface area contributed by atoms with Crippen LogP contribution in [0.1, 0.15) is 33.6 Å². The molecule has 0 amide bonds. The second-order valence-corrected chi connectivity index (χ2v) is 10.0. The van der Waals surface area contributed by atoms with Crippen molar-refractivity contribution in [1.29, 1.82) is 0 Å². The lowest BCUT2D eigenvalue weighted by Gasteiger charge is -2.49. The molecule has 35 heavy (non-hydrogen) atoms. The molecule has 1 aliphatic heterocycles. The largest absolute Gasteiger partial charge is 0.481 e. The minimum Gasteiger partial charge on any atom is -0.481 e. The number of hydrogen-bond acceptors (Lipinski definition) is 8. The fourth-order valence-corrected chi connectivity index (χ4v) is 4.77. The number of rotatable bonds is 6. The SMILES string of the molecule is C[C@@H]1CN(c2ccc(-c3noc(C(C)(C)N)n3)cc2)CCN1C1C(C(=O)O)=CC=CC1(C)C(=O)O.